The molecule has 0 amide bonds. The van der Waals surface area contributed by atoms with Gasteiger partial charge in [0.15, 0.2) is 5.79 Å². The molecule has 4 nitrogen and oxygen atoms in total. The topological polar surface area (TPSA) is 51.2 Å². The lowest BCUT2D eigenvalue weighted by Crippen LogP contribution is -2.47. The molecule has 0 bridgehead atoms. The Morgan fingerprint density at radius 3 is 2.62 bits per heavy atom. The van der Waals surface area contributed by atoms with Gasteiger partial charge in [-0.15, -0.1) is 0 Å². The highest BCUT2D eigenvalue weighted by Crippen LogP contribution is 2.52. The van der Waals surface area contributed by atoms with E-state index in [0.717, 1.165) is 32.1 Å². The van der Waals surface area contributed by atoms with Crippen molar-refractivity contribution in [3.8, 4) is 0 Å². The predicted octanol–water partition coefficient (Wildman–Crippen LogP) is 2.80. The average Bonchev–Trinajstić information content (AvgIpc) is 2.94. The van der Waals surface area contributed by atoms with E-state index in [-0.39, 0.29) is 23.7 Å². The van der Waals surface area contributed by atoms with Gasteiger partial charge in [0, 0.05) is 11.8 Å². The van der Waals surface area contributed by atoms with Crippen molar-refractivity contribution in [3.63, 3.8) is 0 Å². The van der Waals surface area contributed by atoms with E-state index in [1.807, 2.05) is 6.92 Å². The Hall–Kier alpha value is -0.420. The molecule has 0 aromatic rings. The van der Waals surface area contributed by atoms with Crippen molar-refractivity contribution >= 4 is 0 Å². The first-order chi connectivity index (χ1) is 9.93. The third-order valence-electron chi connectivity index (χ3n) is 5.73. The second-order valence-corrected chi connectivity index (χ2v) is 7.38. The van der Waals surface area contributed by atoms with Gasteiger partial charge in [-0.2, -0.15) is 0 Å². The van der Waals surface area contributed by atoms with Crippen LogP contribution >= 0.6 is 0 Å². The van der Waals surface area contributed by atoms with Crippen molar-refractivity contribution < 1.29 is 19.3 Å². The van der Waals surface area contributed by atoms with Crippen molar-refractivity contribution in [2.45, 2.75) is 70.4 Å². The summed E-state index contributed by atoms with van der Waals surface area (Å²) in [7, 11) is 0. The minimum atomic E-state index is -0.439. The Labute approximate surface area is 127 Å². The summed E-state index contributed by atoms with van der Waals surface area (Å²) in [6, 6.07) is 0. The monoisotopic (exact) mass is 296 g/mol. The van der Waals surface area contributed by atoms with Crippen LogP contribution in [0.3, 0.4) is 0 Å². The molecule has 2 saturated heterocycles. The summed E-state index contributed by atoms with van der Waals surface area (Å²) in [6.45, 7) is 7.96. The Morgan fingerprint density at radius 1 is 1.29 bits per heavy atom. The Kier molecular flexibility index (Phi) is 3.93. The molecule has 3 rings (SSSR count). The summed E-state index contributed by atoms with van der Waals surface area (Å²) in [5.41, 5.74) is 1.08. The molecule has 2 aliphatic heterocycles. The number of ether oxygens (including phenoxy) is 3. The number of aliphatic hydroxyl groups is 1. The SMILES string of the molecule is CC1=CC[C@@](C)(CCC2OC2(C)CO)C2(CC1)OCCO2. The van der Waals surface area contributed by atoms with E-state index in [1.165, 1.54) is 5.57 Å². The van der Waals surface area contributed by atoms with Crippen molar-refractivity contribution in [2.24, 2.45) is 5.41 Å². The number of epoxide rings is 1. The Bertz CT molecular complexity index is 427. The summed E-state index contributed by atoms with van der Waals surface area (Å²) in [6.07, 6.45) is 7.44. The molecule has 3 aliphatic rings. The molecule has 1 spiro atoms. The lowest BCUT2D eigenvalue weighted by Gasteiger charge is -2.43. The summed E-state index contributed by atoms with van der Waals surface area (Å²) < 4.78 is 17.9. The maximum Gasteiger partial charge on any atom is 0.174 e. The molecule has 2 heterocycles. The fraction of sp³-hybridized carbons (Fsp3) is 0.882. The first-order valence-corrected chi connectivity index (χ1v) is 8.15. The highest BCUT2D eigenvalue weighted by atomic mass is 16.7. The highest BCUT2D eigenvalue weighted by molar-refractivity contribution is 5.10. The van der Waals surface area contributed by atoms with Crippen LogP contribution in [0.15, 0.2) is 11.6 Å². The van der Waals surface area contributed by atoms with Gasteiger partial charge in [-0.05, 0) is 39.5 Å². The van der Waals surface area contributed by atoms with Gasteiger partial charge in [0.05, 0.1) is 25.9 Å². The van der Waals surface area contributed by atoms with Crippen molar-refractivity contribution in [1.29, 1.82) is 0 Å². The van der Waals surface area contributed by atoms with Crippen LogP contribution in [0.5, 0.6) is 0 Å². The van der Waals surface area contributed by atoms with E-state index >= 15 is 0 Å². The third kappa shape index (κ3) is 2.67. The number of aliphatic hydroxyl groups excluding tert-OH is 1. The van der Waals surface area contributed by atoms with Crippen LogP contribution in [0.1, 0.15) is 52.9 Å². The zero-order chi connectivity index (χ0) is 15.1. The minimum Gasteiger partial charge on any atom is -0.393 e. The molecule has 0 aromatic heterocycles. The van der Waals surface area contributed by atoms with Crippen LogP contribution < -0.4 is 0 Å². The molecule has 0 radical (unpaired) electrons. The second kappa shape index (κ2) is 5.34. The third-order valence-corrected chi connectivity index (χ3v) is 5.73. The van der Waals surface area contributed by atoms with Gasteiger partial charge in [0.2, 0.25) is 0 Å². The van der Waals surface area contributed by atoms with E-state index in [9.17, 15) is 5.11 Å². The first-order valence-electron chi connectivity index (χ1n) is 8.15. The van der Waals surface area contributed by atoms with E-state index in [4.69, 9.17) is 14.2 Å². The van der Waals surface area contributed by atoms with Crippen molar-refractivity contribution in [1.82, 2.24) is 0 Å². The molecule has 0 aromatic carbocycles. The van der Waals surface area contributed by atoms with Crippen LogP contribution in [-0.4, -0.2) is 42.4 Å². The Balaban J connectivity index is 1.72. The number of allylic oxidation sites excluding steroid dienone is 2. The zero-order valence-electron chi connectivity index (χ0n) is 13.5. The van der Waals surface area contributed by atoms with Crippen LogP contribution in [-0.2, 0) is 14.2 Å². The van der Waals surface area contributed by atoms with Crippen LogP contribution in [0.2, 0.25) is 0 Å². The van der Waals surface area contributed by atoms with Crippen LogP contribution in [0.25, 0.3) is 0 Å². The van der Waals surface area contributed by atoms with Crippen molar-refractivity contribution in [3.05, 3.63) is 11.6 Å². The molecule has 120 valence electrons. The molecule has 4 heteroatoms. The Morgan fingerprint density at radius 2 is 2.00 bits per heavy atom. The van der Waals surface area contributed by atoms with Crippen LogP contribution in [0, 0.1) is 5.41 Å². The molecule has 2 fully saturated rings. The lowest BCUT2D eigenvalue weighted by molar-refractivity contribution is -0.237. The van der Waals surface area contributed by atoms with Gasteiger partial charge in [-0.25, -0.2) is 0 Å². The largest absolute Gasteiger partial charge is 0.393 e. The molecule has 1 aliphatic carbocycles. The fourth-order valence-electron chi connectivity index (χ4n) is 3.80. The molecular formula is C17H28O4. The van der Waals surface area contributed by atoms with Gasteiger partial charge in [0.25, 0.3) is 0 Å². The van der Waals surface area contributed by atoms with Gasteiger partial charge < -0.3 is 19.3 Å². The summed E-state index contributed by atoms with van der Waals surface area (Å²) in [5, 5.41) is 9.34. The predicted molar refractivity (Wildman–Crippen MR) is 79.9 cm³/mol. The second-order valence-electron chi connectivity index (χ2n) is 7.38. The summed E-state index contributed by atoms with van der Waals surface area (Å²) >= 11 is 0. The van der Waals surface area contributed by atoms with E-state index in [1.54, 1.807) is 0 Å². The average molecular weight is 296 g/mol. The van der Waals surface area contributed by atoms with E-state index in [0.29, 0.717) is 13.2 Å². The molecule has 0 saturated carbocycles. The maximum absolute atomic E-state index is 9.34. The molecule has 21 heavy (non-hydrogen) atoms. The molecule has 3 atom stereocenters. The van der Waals surface area contributed by atoms with Gasteiger partial charge in [-0.3, -0.25) is 0 Å². The number of hydrogen-bond donors (Lipinski definition) is 1. The molecular weight excluding hydrogens is 268 g/mol. The van der Waals surface area contributed by atoms with Gasteiger partial charge >= 0.3 is 0 Å². The van der Waals surface area contributed by atoms with E-state index < -0.39 is 5.79 Å². The standard InChI is InChI=1S/C17H28O4/c1-13-4-7-15(2,8-6-14-16(3,12-18)21-14)17(9-5-13)19-10-11-20-17/h4,14,18H,5-12H2,1-3H3/t14?,15-,16?/m0/s1. The molecule has 2 unspecified atom stereocenters. The van der Waals surface area contributed by atoms with Crippen LogP contribution in [0.4, 0.5) is 0 Å². The van der Waals surface area contributed by atoms with Gasteiger partial charge in [0.1, 0.15) is 5.60 Å². The number of hydrogen-bond acceptors (Lipinski definition) is 4. The van der Waals surface area contributed by atoms with E-state index in [2.05, 4.69) is 19.9 Å². The van der Waals surface area contributed by atoms with Crippen molar-refractivity contribution in [2.75, 3.05) is 19.8 Å². The molecule has 1 N–H and O–H groups in total. The quantitative estimate of drug-likeness (QED) is 0.640. The number of rotatable bonds is 4. The fourth-order valence-corrected chi connectivity index (χ4v) is 3.80. The normalized spacial score (nSPS) is 41.9. The highest BCUT2D eigenvalue weighted by Gasteiger charge is 2.56. The minimum absolute atomic E-state index is 0.0242. The van der Waals surface area contributed by atoms with Gasteiger partial charge in [-0.1, -0.05) is 18.6 Å². The zero-order valence-corrected chi connectivity index (χ0v) is 13.5. The maximum atomic E-state index is 9.34. The summed E-state index contributed by atoms with van der Waals surface area (Å²) in [4.78, 5) is 0. The first kappa shape index (κ1) is 15.5. The summed E-state index contributed by atoms with van der Waals surface area (Å²) in [5.74, 6) is -0.439. The lowest BCUT2D eigenvalue weighted by atomic mass is 9.73. The smallest absolute Gasteiger partial charge is 0.174 e.